The summed E-state index contributed by atoms with van der Waals surface area (Å²) >= 11 is 0. The number of esters is 2. The van der Waals surface area contributed by atoms with E-state index >= 15 is 0 Å². The summed E-state index contributed by atoms with van der Waals surface area (Å²) in [5, 5.41) is 0. The lowest BCUT2D eigenvalue weighted by molar-refractivity contribution is -0.155. The molecule has 2 bridgehead atoms. The van der Waals surface area contributed by atoms with Crippen molar-refractivity contribution in [2.24, 2.45) is 11.3 Å². The van der Waals surface area contributed by atoms with Crippen molar-refractivity contribution in [3.63, 3.8) is 0 Å². The lowest BCUT2D eigenvalue weighted by Gasteiger charge is -2.38. The molecule has 0 N–H and O–H groups in total. The molecule has 0 aromatic carbocycles. The molecule has 1 heterocycles. The Morgan fingerprint density at radius 2 is 2.00 bits per heavy atom. The molecule has 1 aliphatic heterocycles. The maximum atomic E-state index is 11.5. The van der Waals surface area contributed by atoms with Gasteiger partial charge in [0, 0.05) is 0 Å². The zero-order valence-electron chi connectivity index (χ0n) is 7.21. The van der Waals surface area contributed by atoms with Gasteiger partial charge in [0.15, 0.2) is 0 Å². The first kappa shape index (κ1) is 7.30. The van der Waals surface area contributed by atoms with Gasteiger partial charge in [0.05, 0.1) is 5.57 Å². The van der Waals surface area contributed by atoms with Crippen LogP contribution in [-0.2, 0) is 14.3 Å². The second-order valence-electron chi connectivity index (χ2n) is 4.18. The summed E-state index contributed by atoms with van der Waals surface area (Å²) in [4.78, 5) is 22.8. The van der Waals surface area contributed by atoms with Crippen molar-refractivity contribution in [3.8, 4) is 0 Å². The summed E-state index contributed by atoms with van der Waals surface area (Å²) < 4.78 is 4.68. The minimum Gasteiger partial charge on any atom is -0.389 e. The van der Waals surface area contributed by atoms with Crippen LogP contribution < -0.4 is 0 Å². The number of carbonyl (C=O) groups is 2. The molecule has 0 amide bonds. The lowest BCUT2D eigenvalue weighted by atomic mass is 9.62. The molecule has 13 heavy (non-hydrogen) atoms. The van der Waals surface area contributed by atoms with Crippen molar-refractivity contribution in [2.45, 2.75) is 25.7 Å². The van der Waals surface area contributed by atoms with Gasteiger partial charge in [0.25, 0.3) is 0 Å². The van der Waals surface area contributed by atoms with Crippen LogP contribution in [0.1, 0.15) is 25.7 Å². The molecule has 0 unspecified atom stereocenters. The van der Waals surface area contributed by atoms with E-state index in [-0.39, 0.29) is 5.97 Å². The van der Waals surface area contributed by atoms with E-state index in [1.807, 2.05) is 6.08 Å². The van der Waals surface area contributed by atoms with E-state index in [1.54, 1.807) is 0 Å². The van der Waals surface area contributed by atoms with E-state index in [4.69, 9.17) is 0 Å². The first-order valence-corrected chi connectivity index (χ1v) is 4.71. The summed E-state index contributed by atoms with van der Waals surface area (Å²) in [5.74, 6) is -0.188. The minimum absolute atomic E-state index is 0.304. The van der Waals surface area contributed by atoms with Gasteiger partial charge in [-0.15, -0.1) is 0 Å². The number of cyclic esters (lactones) is 2. The maximum absolute atomic E-state index is 11.5. The summed E-state index contributed by atoms with van der Waals surface area (Å²) in [5.41, 5.74) is 0.131. The zero-order chi connectivity index (χ0) is 9.05. The Labute approximate surface area is 75.8 Å². The van der Waals surface area contributed by atoms with Crippen LogP contribution in [0, 0.1) is 11.3 Å². The second-order valence-corrected chi connectivity index (χ2v) is 4.18. The molecule has 1 spiro atoms. The largest absolute Gasteiger partial charge is 0.389 e. The van der Waals surface area contributed by atoms with E-state index in [1.165, 1.54) is 0 Å². The second kappa shape index (κ2) is 2.03. The number of hydrogen-bond donors (Lipinski definition) is 0. The molecule has 4 aliphatic rings. The van der Waals surface area contributed by atoms with Gasteiger partial charge >= 0.3 is 11.9 Å². The number of allylic oxidation sites excluding steroid dienone is 1. The fourth-order valence-corrected chi connectivity index (χ4v) is 2.78. The van der Waals surface area contributed by atoms with E-state index in [0.29, 0.717) is 11.5 Å². The van der Waals surface area contributed by atoms with Crippen LogP contribution in [0.4, 0.5) is 0 Å². The number of fused-ring (bicyclic) bond motifs is 2. The van der Waals surface area contributed by atoms with Crippen molar-refractivity contribution in [1.82, 2.24) is 0 Å². The lowest BCUT2D eigenvalue weighted by Crippen LogP contribution is -2.37. The van der Waals surface area contributed by atoms with Gasteiger partial charge in [-0.1, -0.05) is 6.08 Å². The molecule has 1 saturated heterocycles. The third-order valence-corrected chi connectivity index (χ3v) is 3.60. The molecule has 4 rings (SSSR count). The van der Waals surface area contributed by atoms with Crippen LogP contribution in [0.15, 0.2) is 11.6 Å². The van der Waals surface area contributed by atoms with Gasteiger partial charge in [-0.2, -0.15) is 0 Å². The van der Waals surface area contributed by atoms with Crippen LogP contribution in [0.5, 0.6) is 0 Å². The number of hydrogen-bond acceptors (Lipinski definition) is 3. The Hall–Kier alpha value is -1.12. The summed E-state index contributed by atoms with van der Waals surface area (Å²) in [6.07, 6.45) is 5.65. The molecule has 2 fully saturated rings. The van der Waals surface area contributed by atoms with Crippen LogP contribution in [0.2, 0.25) is 0 Å². The zero-order valence-corrected chi connectivity index (χ0v) is 7.21. The molecule has 0 aromatic heterocycles. The van der Waals surface area contributed by atoms with Crippen molar-refractivity contribution in [3.05, 3.63) is 11.6 Å². The van der Waals surface area contributed by atoms with Crippen molar-refractivity contribution < 1.29 is 14.3 Å². The molecule has 3 aliphatic carbocycles. The normalized spacial score (nSPS) is 41.5. The van der Waals surface area contributed by atoms with Gasteiger partial charge < -0.3 is 4.74 Å². The predicted octanol–water partition coefficient (Wildman–Crippen LogP) is 1.19. The van der Waals surface area contributed by atoms with E-state index in [0.717, 1.165) is 25.7 Å². The number of rotatable bonds is 0. The van der Waals surface area contributed by atoms with Gasteiger partial charge in [-0.3, -0.25) is 4.79 Å². The summed E-state index contributed by atoms with van der Waals surface area (Å²) in [7, 11) is 0. The highest BCUT2D eigenvalue weighted by Gasteiger charge is 2.57. The fraction of sp³-hybridized carbons (Fsp3) is 0.600. The Kier molecular flexibility index (Phi) is 1.14. The Morgan fingerprint density at radius 3 is 2.62 bits per heavy atom. The fourth-order valence-electron chi connectivity index (χ4n) is 2.78. The highest BCUT2D eigenvalue weighted by Crippen LogP contribution is 2.54. The maximum Gasteiger partial charge on any atom is 0.342 e. The summed E-state index contributed by atoms with van der Waals surface area (Å²) in [6.45, 7) is 0. The van der Waals surface area contributed by atoms with Crippen molar-refractivity contribution in [1.29, 1.82) is 0 Å². The molecule has 0 radical (unpaired) electrons. The van der Waals surface area contributed by atoms with E-state index in [2.05, 4.69) is 4.74 Å². The molecular formula is C10H10O3. The Bertz CT molecular complexity index is 332. The van der Waals surface area contributed by atoms with Crippen molar-refractivity contribution in [2.75, 3.05) is 0 Å². The van der Waals surface area contributed by atoms with Gasteiger partial charge in [0.2, 0.25) is 0 Å². The number of ether oxygens (including phenoxy) is 1. The predicted molar refractivity (Wildman–Crippen MR) is 43.6 cm³/mol. The monoisotopic (exact) mass is 178 g/mol. The quantitative estimate of drug-likeness (QED) is 0.413. The van der Waals surface area contributed by atoms with Crippen LogP contribution in [-0.4, -0.2) is 11.9 Å². The van der Waals surface area contributed by atoms with Crippen LogP contribution in [0.25, 0.3) is 0 Å². The van der Waals surface area contributed by atoms with Gasteiger partial charge in [-0.25, -0.2) is 4.79 Å². The van der Waals surface area contributed by atoms with Crippen LogP contribution >= 0.6 is 0 Å². The Morgan fingerprint density at radius 1 is 1.31 bits per heavy atom. The molecule has 3 nitrogen and oxygen atoms in total. The first-order chi connectivity index (χ1) is 6.22. The van der Waals surface area contributed by atoms with E-state index < -0.39 is 11.4 Å². The molecule has 0 aromatic rings. The SMILES string of the molecule is O=C1OC(=O)C23CCC(C=C12)CC3. The molecule has 68 valence electrons. The van der Waals surface area contributed by atoms with Crippen molar-refractivity contribution >= 4 is 11.9 Å². The number of carbonyl (C=O) groups excluding carboxylic acids is 2. The third-order valence-electron chi connectivity index (χ3n) is 3.60. The smallest absolute Gasteiger partial charge is 0.342 e. The Balaban J connectivity index is 2.20. The standard InChI is InChI=1S/C10H10O3/c11-8-7-5-6-1-3-10(7,4-2-6)9(12)13-8/h5-6H,1-4H2. The first-order valence-electron chi connectivity index (χ1n) is 4.71. The average Bonchev–Trinajstić information content (AvgIpc) is 2.42. The molecule has 1 saturated carbocycles. The highest BCUT2D eigenvalue weighted by molar-refractivity contribution is 6.10. The topological polar surface area (TPSA) is 43.4 Å². The van der Waals surface area contributed by atoms with Gasteiger partial charge in [0.1, 0.15) is 5.41 Å². The average molecular weight is 178 g/mol. The molecule has 3 heteroatoms. The van der Waals surface area contributed by atoms with Gasteiger partial charge in [-0.05, 0) is 31.6 Å². The highest BCUT2D eigenvalue weighted by atomic mass is 16.6. The summed E-state index contributed by atoms with van der Waals surface area (Å²) in [6, 6.07) is 0. The third kappa shape index (κ3) is 0.705. The van der Waals surface area contributed by atoms with E-state index in [9.17, 15) is 9.59 Å². The molecule has 0 atom stereocenters. The molecular weight excluding hydrogens is 168 g/mol. The van der Waals surface area contributed by atoms with Crippen LogP contribution in [0.3, 0.4) is 0 Å². The minimum atomic E-state index is -0.522.